The first-order valence-corrected chi connectivity index (χ1v) is 8.94. The number of hydrogen-bond donors (Lipinski definition) is 2. The van der Waals surface area contributed by atoms with Gasteiger partial charge in [-0.05, 0) is 43.5 Å². The molecule has 26 heavy (non-hydrogen) atoms. The van der Waals surface area contributed by atoms with E-state index < -0.39 is 5.91 Å². The first-order chi connectivity index (χ1) is 12.4. The van der Waals surface area contributed by atoms with Crippen LogP contribution in [0.15, 0.2) is 18.2 Å². The molecule has 1 aromatic carbocycles. The molecule has 3 rings (SSSR count). The van der Waals surface area contributed by atoms with Crippen LogP contribution in [-0.4, -0.2) is 35.1 Å². The molecule has 1 saturated heterocycles. The molecule has 7 nitrogen and oxygen atoms in total. The number of nitrogens with one attached hydrogen (secondary N) is 1. The number of carbonyl (C=O) groups excluding carboxylic acids is 4. The average molecular weight is 357 g/mol. The monoisotopic (exact) mass is 357 g/mol. The van der Waals surface area contributed by atoms with Gasteiger partial charge in [0, 0.05) is 24.2 Å². The average Bonchev–Trinajstić information content (AvgIpc) is 2.86. The van der Waals surface area contributed by atoms with Crippen LogP contribution in [0.25, 0.3) is 0 Å². The maximum Gasteiger partial charge on any atom is 0.248 e. The summed E-state index contributed by atoms with van der Waals surface area (Å²) in [5, 5.41) is 2.75. The number of nitrogens with zero attached hydrogens (tertiary/aromatic N) is 1. The zero-order chi connectivity index (χ0) is 18.8. The fraction of sp³-hybridized carbons (Fsp3) is 0.474. The second-order valence-electron chi connectivity index (χ2n) is 7.02. The van der Waals surface area contributed by atoms with Crippen LogP contribution >= 0.6 is 0 Å². The van der Waals surface area contributed by atoms with E-state index in [0.29, 0.717) is 16.8 Å². The van der Waals surface area contributed by atoms with Crippen molar-refractivity contribution in [2.45, 2.75) is 39.0 Å². The number of likely N-dealkylation sites (tertiary alicyclic amines) is 1. The normalized spacial score (nSPS) is 22.3. The van der Waals surface area contributed by atoms with Gasteiger partial charge in [-0.3, -0.25) is 24.1 Å². The lowest BCUT2D eigenvalue weighted by atomic mass is 9.81. The standard InChI is InChI=1S/C19H23N3O4/c1-11-10-12(17(20)24)6-7-15(11)21-16(23)8-9-22-18(25)13-4-2-3-5-14(13)19(22)26/h6-7,10,13-14H,2-5,8-9H2,1H3,(H2,20,24)(H,21,23)/t13-,14-/m0/s1. The highest BCUT2D eigenvalue weighted by atomic mass is 16.2. The molecule has 2 fully saturated rings. The third-order valence-corrected chi connectivity index (χ3v) is 5.28. The number of aryl methyl sites for hydroxylation is 1. The lowest BCUT2D eigenvalue weighted by molar-refractivity contribution is -0.140. The zero-order valence-corrected chi connectivity index (χ0v) is 14.8. The van der Waals surface area contributed by atoms with Gasteiger partial charge in [0.1, 0.15) is 0 Å². The van der Waals surface area contributed by atoms with E-state index in [1.165, 1.54) is 4.90 Å². The van der Waals surface area contributed by atoms with Gasteiger partial charge in [0.05, 0.1) is 11.8 Å². The molecule has 1 aliphatic heterocycles. The van der Waals surface area contributed by atoms with E-state index >= 15 is 0 Å². The Hall–Kier alpha value is -2.70. The van der Waals surface area contributed by atoms with Crippen LogP contribution in [0, 0.1) is 18.8 Å². The quantitative estimate of drug-likeness (QED) is 0.780. The Balaban J connectivity index is 1.58. The molecule has 1 saturated carbocycles. The summed E-state index contributed by atoms with van der Waals surface area (Å²) in [4.78, 5) is 49.5. The summed E-state index contributed by atoms with van der Waals surface area (Å²) >= 11 is 0. The van der Waals surface area contributed by atoms with Crippen molar-refractivity contribution in [3.05, 3.63) is 29.3 Å². The van der Waals surface area contributed by atoms with Gasteiger partial charge in [0.2, 0.25) is 23.6 Å². The summed E-state index contributed by atoms with van der Waals surface area (Å²) in [6.45, 7) is 1.87. The van der Waals surface area contributed by atoms with Gasteiger partial charge in [-0.15, -0.1) is 0 Å². The lowest BCUT2D eigenvalue weighted by Gasteiger charge is -2.19. The summed E-state index contributed by atoms with van der Waals surface area (Å²) in [6, 6.07) is 4.77. The van der Waals surface area contributed by atoms with Crippen molar-refractivity contribution in [2.24, 2.45) is 17.6 Å². The highest BCUT2D eigenvalue weighted by molar-refractivity contribution is 6.05. The first-order valence-electron chi connectivity index (χ1n) is 8.94. The predicted octanol–water partition coefficient (Wildman–Crippen LogP) is 1.60. The SMILES string of the molecule is Cc1cc(C(N)=O)ccc1NC(=O)CCN1C(=O)[C@H]2CCCC[C@@H]2C1=O. The van der Waals surface area contributed by atoms with Gasteiger partial charge in [-0.25, -0.2) is 0 Å². The van der Waals surface area contributed by atoms with Crippen LogP contribution in [0.2, 0.25) is 0 Å². The molecule has 7 heteroatoms. The number of imide groups is 1. The maximum absolute atomic E-state index is 12.4. The molecule has 0 bridgehead atoms. The highest BCUT2D eigenvalue weighted by Gasteiger charge is 2.47. The lowest BCUT2D eigenvalue weighted by Crippen LogP contribution is -2.34. The molecular formula is C19H23N3O4. The van der Waals surface area contributed by atoms with E-state index in [1.54, 1.807) is 25.1 Å². The number of carbonyl (C=O) groups is 4. The molecule has 0 spiro atoms. The van der Waals surface area contributed by atoms with Crippen molar-refractivity contribution < 1.29 is 19.2 Å². The summed E-state index contributed by atoms with van der Waals surface area (Å²) in [7, 11) is 0. The Morgan fingerprint density at radius 2 is 1.77 bits per heavy atom. The van der Waals surface area contributed by atoms with E-state index in [0.717, 1.165) is 25.7 Å². The van der Waals surface area contributed by atoms with Gasteiger partial charge in [0.25, 0.3) is 0 Å². The number of nitrogens with two attached hydrogens (primary N) is 1. The van der Waals surface area contributed by atoms with Crippen molar-refractivity contribution in [2.75, 3.05) is 11.9 Å². The molecule has 1 heterocycles. The third kappa shape index (κ3) is 3.47. The Morgan fingerprint density at radius 1 is 1.15 bits per heavy atom. The van der Waals surface area contributed by atoms with E-state index in [4.69, 9.17) is 5.73 Å². The first kappa shape index (κ1) is 18.1. The number of anilines is 1. The molecule has 0 radical (unpaired) electrons. The summed E-state index contributed by atoms with van der Waals surface area (Å²) < 4.78 is 0. The van der Waals surface area contributed by atoms with Crippen LogP contribution in [0.4, 0.5) is 5.69 Å². The van der Waals surface area contributed by atoms with Crippen LogP contribution in [0.3, 0.4) is 0 Å². The molecule has 2 atom stereocenters. The molecule has 0 aromatic heterocycles. The van der Waals surface area contributed by atoms with E-state index in [9.17, 15) is 19.2 Å². The summed E-state index contributed by atoms with van der Waals surface area (Å²) in [5.41, 5.74) is 6.90. The van der Waals surface area contributed by atoms with Gasteiger partial charge >= 0.3 is 0 Å². The molecule has 2 aliphatic rings. The number of rotatable bonds is 5. The largest absolute Gasteiger partial charge is 0.366 e. The Morgan fingerprint density at radius 3 is 2.31 bits per heavy atom. The summed E-state index contributed by atoms with van der Waals surface area (Å²) in [5.74, 6) is -1.45. The van der Waals surface area contributed by atoms with Crippen molar-refractivity contribution in [1.29, 1.82) is 0 Å². The summed E-state index contributed by atoms with van der Waals surface area (Å²) in [6.07, 6.45) is 3.55. The van der Waals surface area contributed by atoms with Gasteiger partial charge in [0.15, 0.2) is 0 Å². The van der Waals surface area contributed by atoms with Crippen LogP contribution in [0.5, 0.6) is 0 Å². The molecule has 138 valence electrons. The molecule has 1 aromatic rings. The molecular weight excluding hydrogens is 334 g/mol. The number of amides is 4. The van der Waals surface area contributed by atoms with Crippen molar-refractivity contribution in [3.63, 3.8) is 0 Å². The Labute approximate surface area is 151 Å². The topological polar surface area (TPSA) is 110 Å². The molecule has 0 unspecified atom stereocenters. The fourth-order valence-corrected chi connectivity index (χ4v) is 3.83. The van der Waals surface area contributed by atoms with Gasteiger partial charge in [-0.1, -0.05) is 12.8 Å². The van der Waals surface area contributed by atoms with Crippen molar-refractivity contribution >= 4 is 29.3 Å². The smallest absolute Gasteiger partial charge is 0.248 e. The molecule has 3 N–H and O–H groups in total. The second kappa shape index (κ2) is 7.27. The van der Waals surface area contributed by atoms with Crippen molar-refractivity contribution in [3.8, 4) is 0 Å². The van der Waals surface area contributed by atoms with Gasteiger partial charge < -0.3 is 11.1 Å². The number of hydrogen-bond acceptors (Lipinski definition) is 4. The minimum absolute atomic E-state index is 0.0495. The van der Waals surface area contributed by atoms with Gasteiger partial charge in [-0.2, -0.15) is 0 Å². The van der Waals surface area contributed by atoms with Crippen molar-refractivity contribution in [1.82, 2.24) is 4.90 Å². The number of fused-ring (bicyclic) bond motifs is 1. The number of primary amides is 1. The highest BCUT2D eigenvalue weighted by Crippen LogP contribution is 2.37. The van der Waals surface area contributed by atoms with E-state index in [1.807, 2.05) is 0 Å². The fourth-order valence-electron chi connectivity index (χ4n) is 3.83. The minimum Gasteiger partial charge on any atom is -0.366 e. The Bertz CT molecular complexity index is 750. The molecule has 1 aliphatic carbocycles. The van der Waals surface area contributed by atoms with Crippen LogP contribution < -0.4 is 11.1 Å². The Kier molecular flexibility index (Phi) is 5.06. The van der Waals surface area contributed by atoms with E-state index in [2.05, 4.69) is 5.32 Å². The maximum atomic E-state index is 12.4. The third-order valence-electron chi connectivity index (χ3n) is 5.28. The van der Waals surface area contributed by atoms with Crippen LogP contribution in [-0.2, 0) is 14.4 Å². The minimum atomic E-state index is -0.529. The number of benzene rings is 1. The zero-order valence-electron chi connectivity index (χ0n) is 14.8. The second-order valence-corrected chi connectivity index (χ2v) is 7.02. The van der Waals surface area contributed by atoms with Crippen LogP contribution in [0.1, 0.15) is 48.0 Å². The van der Waals surface area contributed by atoms with E-state index in [-0.39, 0.29) is 42.5 Å². The molecule has 4 amide bonds. The predicted molar refractivity (Wildman–Crippen MR) is 95.1 cm³/mol.